The van der Waals surface area contributed by atoms with Gasteiger partial charge in [-0.3, -0.25) is 0 Å². The number of nitrogens with zero attached hydrogens (tertiary/aromatic N) is 2. The number of carboxylic acid groups (broad SMARTS) is 1. The number of methoxy groups -OCH3 is 1. The highest BCUT2D eigenvalue weighted by molar-refractivity contribution is 5.92. The van der Waals surface area contributed by atoms with Crippen molar-refractivity contribution in [2.45, 2.75) is 19.9 Å². The molecule has 1 aromatic heterocycles. The predicted molar refractivity (Wildman–Crippen MR) is 62.5 cm³/mol. The van der Waals surface area contributed by atoms with Gasteiger partial charge in [0.2, 0.25) is 5.88 Å². The maximum absolute atomic E-state index is 11.3. The maximum Gasteiger partial charge on any atom is 0.341 e. The lowest BCUT2D eigenvalue weighted by Gasteiger charge is -2.27. The van der Waals surface area contributed by atoms with Crippen molar-refractivity contribution in [3.63, 3.8) is 0 Å². The van der Waals surface area contributed by atoms with Gasteiger partial charge in [0.15, 0.2) is 0 Å². The summed E-state index contributed by atoms with van der Waals surface area (Å²) in [4.78, 5) is 17.7. The smallest absolute Gasteiger partial charge is 0.341 e. The number of hydrogen-bond donors (Lipinski definition) is 1. The van der Waals surface area contributed by atoms with E-state index in [4.69, 9.17) is 4.74 Å². The van der Waals surface area contributed by atoms with E-state index >= 15 is 0 Å². The largest absolute Gasteiger partial charge is 0.480 e. The molecule has 0 atom stereocenters. The zero-order valence-corrected chi connectivity index (χ0v) is 10.3. The third-order valence-corrected chi connectivity index (χ3v) is 3.16. The normalized spacial score (nSPS) is 15.5. The van der Waals surface area contributed by atoms with Gasteiger partial charge in [0.25, 0.3) is 0 Å². The predicted octanol–water partition coefficient (Wildman–Crippen LogP) is 1.08. The summed E-state index contributed by atoms with van der Waals surface area (Å²) in [7, 11) is 3.47. The van der Waals surface area contributed by atoms with Crippen LogP contribution in [0, 0.1) is 6.92 Å². The fourth-order valence-corrected chi connectivity index (χ4v) is 2.28. The van der Waals surface area contributed by atoms with Crippen molar-refractivity contribution in [3.05, 3.63) is 22.4 Å². The van der Waals surface area contributed by atoms with Gasteiger partial charge in [0.1, 0.15) is 5.56 Å². The molecule has 0 saturated heterocycles. The number of hydrogen-bond acceptors (Lipinski definition) is 4. The van der Waals surface area contributed by atoms with Crippen LogP contribution in [0.1, 0.15) is 27.2 Å². The number of pyridine rings is 1. The third kappa shape index (κ3) is 1.98. The van der Waals surface area contributed by atoms with E-state index in [2.05, 4.69) is 9.88 Å². The molecule has 92 valence electrons. The van der Waals surface area contributed by atoms with Gasteiger partial charge in [-0.15, -0.1) is 0 Å². The van der Waals surface area contributed by atoms with Crippen molar-refractivity contribution in [3.8, 4) is 5.88 Å². The zero-order valence-electron chi connectivity index (χ0n) is 10.3. The SMILES string of the molecule is COc1nc(C)c2c(c1C(=O)O)CCN(C)C2. The highest BCUT2D eigenvalue weighted by Crippen LogP contribution is 2.29. The van der Waals surface area contributed by atoms with Crippen LogP contribution in [0.5, 0.6) is 5.88 Å². The van der Waals surface area contributed by atoms with Gasteiger partial charge in [-0.1, -0.05) is 0 Å². The van der Waals surface area contributed by atoms with E-state index in [0.29, 0.717) is 0 Å². The molecule has 0 amide bonds. The number of aromatic nitrogens is 1. The molecule has 1 aliphatic heterocycles. The van der Waals surface area contributed by atoms with E-state index in [0.717, 1.165) is 36.3 Å². The van der Waals surface area contributed by atoms with E-state index < -0.39 is 5.97 Å². The molecule has 0 bridgehead atoms. The van der Waals surface area contributed by atoms with Crippen LogP contribution in [0.3, 0.4) is 0 Å². The van der Waals surface area contributed by atoms with E-state index in [1.807, 2.05) is 14.0 Å². The molecule has 1 N–H and O–H groups in total. The van der Waals surface area contributed by atoms with Gasteiger partial charge >= 0.3 is 5.97 Å². The molecule has 0 unspecified atom stereocenters. The van der Waals surface area contributed by atoms with Gasteiger partial charge in [0, 0.05) is 18.8 Å². The molecule has 5 nitrogen and oxygen atoms in total. The van der Waals surface area contributed by atoms with Crippen LogP contribution in [0.4, 0.5) is 0 Å². The summed E-state index contributed by atoms with van der Waals surface area (Å²) < 4.78 is 5.07. The second-order valence-electron chi connectivity index (χ2n) is 4.33. The molecular weight excluding hydrogens is 220 g/mol. The second kappa shape index (κ2) is 4.33. The molecular formula is C12H16N2O3. The van der Waals surface area contributed by atoms with Crippen molar-refractivity contribution in [1.29, 1.82) is 0 Å². The van der Waals surface area contributed by atoms with Crippen molar-refractivity contribution < 1.29 is 14.6 Å². The second-order valence-corrected chi connectivity index (χ2v) is 4.33. The molecule has 17 heavy (non-hydrogen) atoms. The summed E-state index contributed by atoms with van der Waals surface area (Å²) in [6, 6.07) is 0. The summed E-state index contributed by atoms with van der Waals surface area (Å²) in [5, 5.41) is 9.28. The quantitative estimate of drug-likeness (QED) is 0.832. The molecule has 0 radical (unpaired) electrons. The highest BCUT2D eigenvalue weighted by atomic mass is 16.5. The Bertz CT molecular complexity index is 471. The van der Waals surface area contributed by atoms with Gasteiger partial charge in [-0.25, -0.2) is 9.78 Å². The first-order valence-electron chi connectivity index (χ1n) is 5.52. The molecule has 0 aliphatic carbocycles. The first kappa shape index (κ1) is 11.9. The zero-order chi connectivity index (χ0) is 12.6. The lowest BCUT2D eigenvalue weighted by atomic mass is 9.94. The number of rotatable bonds is 2. The fourth-order valence-electron chi connectivity index (χ4n) is 2.28. The van der Waals surface area contributed by atoms with Gasteiger partial charge in [-0.2, -0.15) is 0 Å². The van der Waals surface area contributed by atoms with Crippen LogP contribution < -0.4 is 4.74 Å². The van der Waals surface area contributed by atoms with E-state index in [1.165, 1.54) is 7.11 Å². The molecule has 0 fully saturated rings. The minimum atomic E-state index is -0.963. The highest BCUT2D eigenvalue weighted by Gasteiger charge is 2.26. The molecule has 1 aliphatic rings. The van der Waals surface area contributed by atoms with Crippen molar-refractivity contribution >= 4 is 5.97 Å². The average molecular weight is 236 g/mol. The Hall–Kier alpha value is -1.62. The first-order chi connectivity index (χ1) is 8.04. The van der Waals surface area contributed by atoms with Crippen molar-refractivity contribution in [2.24, 2.45) is 0 Å². The Morgan fingerprint density at radius 2 is 2.18 bits per heavy atom. The standard InChI is InChI=1S/C12H16N2O3/c1-7-9-6-14(2)5-4-8(9)10(12(15)16)11(13-7)17-3/h4-6H2,1-3H3,(H,15,16). The Kier molecular flexibility index (Phi) is 3.02. The van der Waals surface area contributed by atoms with Crippen LogP contribution in [0.25, 0.3) is 0 Å². The minimum Gasteiger partial charge on any atom is -0.480 e. The van der Waals surface area contributed by atoms with Crippen LogP contribution in [-0.2, 0) is 13.0 Å². The van der Waals surface area contributed by atoms with Crippen LogP contribution >= 0.6 is 0 Å². The summed E-state index contributed by atoms with van der Waals surface area (Å²) in [6.45, 7) is 3.50. The number of likely N-dealkylation sites (N-methyl/N-ethyl adjacent to an activating group) is 1. The average Bonchev–Trinajstić information content (AvgIpc) is 2.28. The van der Waals surface area contributed by atoms with Crippen LogP contribution in [-0.4, -0.2) is 41.7 Å². The topological polar surface area (TPSA) is 62.7 Å². The third-order valence-electron chi connectivity index (χ3n) is 3.16. The molecule has 1 aromatic rings. The molecule has 2 rings (SSSR count). The monoisotopic (exact) mass is 236 g/mol. The number of aromatic carboxylic acids is 1. The summed E-state index contributed by atoms with van der Waals surface area (Å²) in [5.41, 5.74) is 2.98. The molecule has 2 heterocycles. The lowest BCUT2D eigenvalue weighted by molar-refractivity contribution is 0.0690. The number of carbonyl (C=O) groups is 1. The van der Waals surface area contributed by atoms with Crippen molar-refractivity contribution in [1.82, 2.24) is 9.88 Å². The molecule has 0 saturated carbocycles. The van der Waals surface area contributed by atoms with Crippen LogP contribution in [0.2, 0.25) is 0 Å². The summed E-state index contributed by atoms with van der Waals surface area (Å²) in [6.07, 6.45) is 0.729. The maximum atomic E-state index is 11.3. The van der Waals surface area contributed by atoms with Crippen LogP contribution in [0.15, 0.2) is 0 Å². The van der Waals surface area contributed by atoms with E-state index in [-0.39, 0.29) is 11.4 Å². The van der Waals surface area contributed by atoms with Gasteiger partial charge in [0.05, 0.1) is 7.11 Å². The fraction of sp³-hybridized carbons (Fsp3) is 0.500. The Morgan fingerprint density at radius 1 is 1.47 bits per heavy atom. The summed E-state index contributed by atoms with van der Waals surface area (Å²) >= 11 is 0. The Balaban J connectivity index is 2.65. The van der Waals surface area contributed by atoms with Crippen molar-refractivity contribution in [2.75, 3.05) is 20.7 Å². The van der Waals surface area contributed by atoms with E-state index in [1.54, 1.807) is 0 Å². The first-order valence-corrected chi connectivity index (χ1v) is 5.52. The van der Waals surface area contributed by atoms with E-state index in [9.17, 15) is 9.90 Å². The number of carboxylic acids is 1. The number of ether oxygens (including phenoxy) is 1. The Morgan fingerprint density at radius 3 is 2.76 bits per heavy atom. The lowest BCUT2D eigenvalue weighted by Crippen LogP contribution is -2.29. The van der Waals surface area contributed by atoms with Gasteiger partial charge < -0.3 is 14.7 Å². The minimum absolute atomic E-state index is 0.221. The molecule has 0 aromatic carbocycles. The Labute approximate surface area is 100 Å². The van der Waals surface area contributed by atoms with Gasteiger partial charge in [-0.05, 0) is 31.5 Å². The number of fused-ring (bicyclic) bond motifs is 1. The number of aryl methyl sites for hydroxylation is 1. The summed E-state index contributed by atoms with van der Waals surface area (Å²) in [5.74, 6) is -0.742. The molecule has 5 heteroatoms. The molecule has 0 spiro atoms.